The highest BCUT2D eigenvalue weighted by Crippen LogP contribution is 2.20. The van der Waals surface area contributed by atoms with Gasteiger partial charge in [-0.15, -0.1) is 0 Å². The summed E-state index contributed by atoms with van der Waals surface area (Å²) in [5.41, 5.74) is 4.40. The summed E-state index contributed by atoms with van der Waals surface area (Å²) in [5, 5.41) is 5.91. The van der Waals surface area contributed by atoms with Crippen LogP contribution in [0.4, 0.5) is 16.2 Å². The molecule has 0 aromatic heterocycles. The van der Waals surface area contributed by atoms with Crippen molar-refractivity contribution in [3.63, 3.8) is 0 Å². The lowest BCUT2D eigenvalue weighted by molar-refractivity contribution is 0.244. The maximum atomic E-state index is 12.1. The molecule has 2 N–H and O–H groups in total. The van der Waals surface area contributed by atoms with Gasteiger partial charge in [0.05, 0.1) is 7.11 Å². The Kier molecular flexibility index (Phi) is 7.36. The Hall–Kier alpha value is -2.73. The lowest BCUT2D eigenvalue weighted by atomic mass is 10.1. The number of ether oxygens (including phenoxy) is 1. The number of aryl methyl sites for hydroxylation is 1. The molecule has 1 aliphatic rings. The Morgan fingerprint density at radius 2 is 1.76 bits per heavy atom. The van der Waals surface area contributed by atoms with Gasteiger partial charge in [-0.05, 0) is 68.3 Å². The van der Waals surface area contributed by atoms with Gasteiger partial charge in [0.2, 0.25) is 0 Å². The van der Waals surface area contributed by atoms with Crippen LogP contribution in [0.25, 0.3) is 0 Å². The second kappa shape index (κ2) is 10.2. The van der Waals surface area contributed by atoms with E-state index in [1.54, 1.807) is 7.11 Å². The zero-order valence-corrected chi connectivity index (χ0v) is 17.7. The second-order valence-electron chi connectivity index (χ2n) is 7.51. The third-order valence-corrected chi connectivity index (χ3v) is 5.60. The number of hydrogen-bond donors (Lipinski definition) is 2. The van der Waals surface area contributed by atoms with Gasteiger partial charge in [-0.3, -0.25) is 4.90 Å². The molecule has 6 nitrogen and oxygen atoms in total. The van der Waals surface area contributed by atoms with E-state index in [4.69, 9.17) is 4.74 Å². The Morgan fingerprint density at radius 1 is 1.03 bits per heavy atom. The van der Waals surface area contributed by atoms with Crippen LogP contribution in [0.5, 0.6) is 5.75 Å². The lowest BCUT2D eigenvalue weighted by Crippen LogP contribution is -2.47. The molecule has 2 aromatic rings. The van der Waals surface area contributed by atoms with Crippen molar-refractivity contribution in [2.24, 2.45) is 0 Å². The van der Waals surface area contributed by atoms with E-state index in [-0.39, 0.29) is 6.03 Å². The van der Waals surface area contributed by atoms with Crippen molar-refractivity contribution in [2.75, 3.05) is 56.6 Å². The van der Waals surface area contributed by atoms with Crippen molar-refractivity contribution < 1.29 is 9.53 Å². The van der Waals surface area contributed by atoms with Crippen LogP contribution in [0.15, 0.2) is 42.5 Å². The van der Waals surface area contributed by atoms with Crippen LogP contribution in [0.1, 0.15) is 17.5 Å². The molecule has 1 aliphatic heterocycles. The average molecular weight is 397 g/mol. The van der Waals surface area contributed by atoms with E-state index in [1.807, 2.05) is 44.2 Å². The molecule has 0 unspecified atom stereocenters. The molecule has 0 spiro atoms. The summed E-state index contributed by atoms with van der Waals surface area (Å²) in [6, 6.07) is 14.1. The highest BCUT2D eigenvalue weighted by atomic mass is 16.5. The van der Waals surface area contributed by atoms with E-state index in [0.29, 0.717) is 6.54 Å². The lowest BCUT2D eigenvalue weighted by Gasteiger charge is -2.36. The quantitative estimate of drug-likeness (QED) is 0.702. The molecule has 1 heterocycles. The van der Waals surface area contributed by atoms with Crippen LogP contribution in [0.3, 0.4) is 0 Å². The summed E-state index contributed by atoms with van der Waals surface area (Å²) >= 11 is 0. The number of nitrogens with one attached hydrogen (secondary N) is 2. The van der Waals surface area contributed by atoms with E-state index in [2.05, 4.69) is 32.6 Å². The summed E-state index contributed by atoms with van der Waals surface area (Å²) in [6.45, 7) is 9.88. The number of anilines is 2. The van der Waals surface area contributed by atoms with Gasteiger partial charge < -0.3 is 20.3 Å². The number of urea groups is 1. The van der Waals surface area contributed by atoms with Crippen LogP contribution >= 0.6 is 0 Å². The van der Waals surface area contributed by atoms with E-state index in [1.165, 1.54) is 11.3 Å². The van der Waals surface area contributed by atoms with Gasteiger partial charge in [-0.1, -0.05) is 12.1 Å². The first kappa shape index (κ1) is 21.0. The number of nitrogens with zero attached hydrogens (tertiary/aromatic N) is 2. The van der Waals surface area contributed by atoms with Crippen molar-refractivity contribution in [2.45, 2.75) is 20.3 Å². The summed E-state index contributed by atoms with van der Waals surface area (Å²) in [5.74, 6) is 0.890. The first-order chi connectivity index (χ1) is 14.1. The van der Waals surface area contributed by atoms with Crippen molar-refractivity contribution in [3.8, 4) is 5.75 Å². The highest BCUT2D eigenvalue weighted by molar-refractivity contribution is 5.90. The Bertz CT molecular complexity index is 799. The van der Waals surface area contributed by atoms with Gasteiger partial charge in [0, 0.05) is 44.1 Å². The van der Waals surface area contributed by atoms with Gasteiger partial charge in [-0.25, -0.2) is 4.79 Å². The van der Waals surface area contributed by atoms with E-state index < -0.39 is 0 Å². The van der Waals surface area contributed by atoms with E-state index >= 15 is 0 Å². The third kappa shape index (κ3) is 5.87. The topological polar surface area (TPSA) is 56.8 Å². The molecule has 0 bridgehead atoms. The molecule has 0 radical (unpaired) electrons. The standard InChI is InChI=1S/C23H32N4O2/c1-18-6-4-7-22(19(18)2)25-23(28)24-12-5-13-26-14-16-27(17-15-26)20-8-10-21(29-3)11-9-20/h4,6-11H,5,12-17H2,1-3H3,(H2,24,25,28). The molecule has 29 heavy (non-hydrogen) atoms. The molecule has 3 rings (SSSR count). The third-order valence-electron chi connectivity index (χ3n) is 5.60. The maximum Gasteiger partial charge on any atom is 0.319 e. The van der Waals surface area contributed by atoms with Crippen molar-refractivity contribution in [1.82, 2.24) is 10.2 Å². The number of carbonyl (C=O) groups is 1. The van der Waals surface area contributed by atoms with Gasteiger partial charge in [0.1, 0.15) is 5.75 Å². The molecule has 0 aliphatic carbocycles. The Labute approximate surface area is 173 Å². The van der Waals surface area contributed by atoms with Gasteiger partial charge in [-0.2, -0.15) is 0 Å². The normalized spacial score (nSPS) is 14.5. The van der Waals surface area contributed by atoms with Gasteiger partial charge in [0.25, 0.3) is 0 Å². The van der Waals surface area contributed by atoms with E-state index in [9.17, 15) is 4.79 Å². The molecular formula is C23H32N4O2. The fourth-order valence-electron chi connectivity index (χ4n) is 3.58. The first-order valence-corrected chi connectivity index (χ1v) is 10.3. The number of benzene rings is 2. The predicted octanol–water partition coefficient (Wildman–Crippen LogP) is 3.65. The van der Waals surface area contributed by atoms with Crippen LogP contribution in [-0.2, 0) is 0 Å². The van der Waals surface area contributed by atoms with Crippen molar-refractivity contribution >= 4 is 17.4 Å². The zero-order chi connectivity index (χ0) is 20.6. The largest absolute Gasteiger partial charge is 0.497 e. The molecular weight excluding hydrogens is 364 g/mol. The van der Waals surface area contributed by atoms with Crippen LogP contribution in [0, 0.1) is 13.8 Å². The SMILES string of the molecule is COc1ccc(N2CCN(CCCNC(=O)Nc3cccc(C)c3C)CC2)cc1. The van der Waals surface area contributed by atoms with Crippen LogP contribution < -0.4 is 20.3 Å². The smallest absolute Gasteiger partial charge is 0.319 e. The number of rotatable bonds is 7. The van der Waals surface area contributed by atoms with Crippen LogP contribution in [0.2, 0.25) is 0 Å². The minimum Gasteiger partial charge on any atom is -0.497 e. The summed E-state index contributed by atoms with van der Waals surface area (Å²) in [6.07, 6.45) is 0.947. The number of piperazine rings is 1. The zero-order valence-electron chi connectivity index (χ0n) is 17.7. The molecule has 1 saturated heterocycles. The molecule has 0 atom stereocenters. The Morgan fingerprint density at radius 3 is 2.45 bits per heavy atom. The number of methoxy groups -OCH3 is 1. The molecule has 156 valence electrons. The molecule has 6 heteroatoms. The summed E-state index contributed by atoms with van der Waals surface area (Å²) in [7, 11) is 1.69. The minimum atomic E-state index is -0.136. The second-order valence-corrected chi connectivity index (χ2v) is 7.51. The molecule has 2 amide bonds. The Balaban J connectivity index is 1.33. The fourth-order valence-corrected chi connectivity index (χ4v) is 3.58. The number of amides is 2. The average Bonchev–Trinajstić information content (AvgIpc) is 2.75. The summed E-state index contributed by atoms with van der Waals surface area (Å²) < 4.78 is 5.23. The number of hydrogen-bond acceptors (Lipinski definition) is 4. The van der Waals surface area contributed by atoms with E-state index in [0.717, 1.165) is 56.1 Å². The van der Waals surface area contributed by atoms with Crippen LogP contribution in [-0.4, -0.2) is 57.3 Å². The summed E-state index contributed by atoms with van der Waals surface area (Å²) in [4.78, 5) is 17.0. The number of carbonyl (C=O) groups excluding carboxylic acids is 1. The first-order valence-electron chi connectivity index (χ1n) is 10.3. The molecule has 1 fully saturated rings. The minimum absolute atomic E-state index is 0.136. The highest BCUT2D eigenvalue weighted by Gasteiger charge is 2.17. The fraction of sp³-hybridized carbons (Fsp3) is 0.435. The maximum absolute atomic E-state index is 12.1. The predicted molar refractivity (Wildman–Crippen MR) is 119 cm³/mol. The molecule has 0 saturated carbocycles. The van der Waals surface area contributed by atoms with Gasteiger partial charge in [0.15, 0.2) is 0 Å². The monoisotopic (exact) mass is 396 g/mol. The van der Waals surface area contributed by atoms with Crippen molar-refractivity contribution in [3.05, 3.63) is 53.6 Å². The van der Waals surface area contributed by atoms with Gasteiger partial charge >= 0.3 is 6.03 Å². The molecule has 2 aromatic carbocycles. The van der Waals surface area contributed by atoms with Crippen molar-refractivity contribution in [1.29, 1.82) is 0 Å².